The van der Waals surface area contributed by atoms with Gasteiger partial charge in [-0.2, -0.15) is 0 Å². The van der Waals surface area contributed by atoms with Crippen molar-refractivity contribution in [2.24, 2.45) is 0 Å². The third-order valence-corrected chi connectivity index (χ3v) is 4.23. The number of carbonyl (C=O) groups is 1. The minimum atomic E-state index is -0.400. The smallest absolute Gasteiger partial charge is 0.279 e. The van der Waals surface area contributed by atoms with Crippen LogP contribution in [0, 0.1) is 12.7 Å². The number of fused-ring (bicyclic) bond motifs is 1. The van der Waals surface area contributed by atoms with Crippen molar-refractivity contribution in [2.75, 3.05) is 5.32 Å². The molecule has 0 aliphatic heterocycles. The van der Waals surface area contributed by atoms with Gasteiger partial charge >= 0.3 is 0 Å². The fraction of sp³-hybridized carbons (Fsp3) is 0.0625. The Labute approximate surface area is 139 Å². The molecule has 4 aromatic rings. The summed E-state index contributed by atoms with van der Waals surface area (Å²) in [4.78, 5) is 17.6. The van der Waals surface area contributed by atoms with Crippen molar-refractivity contribution in [3.8, 4) is 11.3 Å². The summed E-state index contributed by atoms with van der Waals surface area (Å²) >= 11 is 1.44. The molecule has 0 aliphatic rings. The number of anilines is 1. The second-order valence-electron chi connectivity index (χ2n) is 5.15. The summed E-state index contributed by atoms with van der Waals surface area (Å²) in [7, 11) is 0. The Kier molecular flexibility index (Phi) is 3.39. The molecule has 1 aromatic carbocycles. The van der Waals surface area contributed by atoms with Crippen LogP contribution in [-0.4, -0.2) is 20.4 Å². The van der Waals surface area contributed by atoms with Gasteiger partial charge in [-0.05, 0) is 31.2 Å². The van der Waals surface area contributed by atoms with E-state index in [2.05, 4.69) is 15.5 Å². The number of carbonyl (C=O) groups excluding carboxylic acids is 1. The molecule has 6 nitrogen and oxygen atoms in total. The van der Waals surface area contributed by atoms with Gasteiger partial charge < -0.3 is 9.84 Å². The summed E-state index contributed by atoms with van der Waals surface area (Å²) in [5, 5.41) is 8.40. The number of aryl methyl sites for hydroxylation is 1. The van der Waals surface area contributed by atoms with Crippen LogP contribution >= 0.6 is 11.3 Å². The molecule has 1 N–H and O–H groups in total. The molecular formula is C16H11FN4O2S. The van der Waals surface area contributed by atoms with Crippen molar-refractivity contribution in [3.63, 3.8) is 0 Å². The highest BCUT2D eigenvalue weighted by Crippen LogP contribution is 2.31. The molecular weight excluding hydrogens is 331 g/mol. The molecule has 0 atom stereocenters. The number of nitrogens with zero attached hydrogens (tertiary/aromatic N) is 3. The highest BCUT2D eigenvalue weighted by atomic mass is 32.1. The maximum absolute atomic E-state index is 13.2. The van der Waals surface area contributed by atoms with Crippen molar-refractivity contribution < 1.29 is 13.7 Å². The number of amides is 1. The summed E-state index contributed by atoms with van der Waals surface area (Å²) in [6, 6.07) is 7.51. The quantitative estimate of drug-likeness (QED) is 0.615. The maximum Gasteiger partial charge on any atom is 0.279 e. The third-order valence-electron chi connectivity index (χ3n) is 3.47. The molecule has 120 valence electrons. The van der Waals surface area contributed by atoms with Gasteiger partial charge in [0, 0.05) is 23.2 Å². The molecule has 1 amide bonds. The van der Waals surface area contributed by atoms with E-state index in [9.17, 15) is 9.18 Å². The lowest BCUT2D eigenvalue weighted by atomic mass is 10.1. The highest BCUT2D eigenvalue weighted by molar-refractivity contribution is 7.15. The van der Waals surface area contributed by atoms with Gasteiger partial charge in [0.1, 0.15) is 23.1 Å². The average Bonchev–Trinajstić information content (AvgIpc) is 3.26. The number of imidazole rings is 1. The Morgan fingerprint density at radius 1 is 1.33 bits per heavy atom. The molecule has 0 saturated heterocycles. The van der Waals surface area contributed by atoms with Crippen LogP contribution in [0.15, 0.2) is 46.4 Å². The van der Waals surface area contributed by atoms with E-state index in [1.807, 2.05) is 11.6 Å². The van der Waals surface area contributed by atoms with E-state index in [0.29, 0.717) is 22.8 Å². The second-order valence-corrected chi connectivity index (χ2v) is 6.02. The minimum absolute atomic E-state index is 0.183. The first-order valence-electron chi connectivity index (χ1n) is 7.08. The monoisotopic (exact) mass is 342 g/mol. The van der Waals surface area contributed by atoms with Gasteiger partial charge in [-0.1, -0.05) is 5.16 Å². The van der Waals surface area contributed by atoms with E-state index in [4.69, 9.17) is 4.52 Å². The van der Waals surface area contributed by atoms with Crippen molar-refractivity contribution in [3.05, 3.63) is 59.2 Å². The molecule has 3 aromatic heterocycles. The number of thiazole rings is 1. The number of aromatic nitrogens is 3. The number of rotatable bonds is 3. The van der Waals surface area contributed by atoms with Gasteiger partial charge in [-0.3, -0.25) is 9.20 Å². The highest BCUT2D eigenvalue weighted by Gasteiger charge is 2.19. The molecule has 3 heterocycles. The molecule has 24 heavy (non-hydrogen) atoms. The van der Waals surface area contributed by atoms with Gasteiger partial charge in [0.25, 0.3) is 5.91 Å². The Morgan fingerprint density at radius 3 is 2.83 bits per heavy atom. The zero-order valence-electron chi connectivity index (χ0n) is 12.5. The largest absolute Gasteiger partial charge is 0.361 e. The van der Waals surface area contributed by atoms with E-state index in [0.717, 1.165) is 4.96 Å². The van der Waals surface area contributed by atoms with Crippen LogP contribution in [-0.2, 0) is 0 Å². The SMILES string of the molecule is Cc1cc(C(=O)Nc2c(-c3ccc(F)cc3)nc3sccn23)no1. The fourth-order valence-corrected chi connectivity index (χ4v) is 3.07. The lowest BCUT2D eigenvalue weighted by molar-refractivity contribution is 0.101. The Balaban J connectivity index is 1.78. The lowest BCUT2D eigenvalue weighted by Crippen LogP contribution is -2.14. The Hall–Kier alpha value is -3.00. The van der Waals surface area contributed by atoms with Crippen molar-refractivity contribution >= 4 is 28.0 Å². The molecule has 4 rings (SSSR count). The first kappa shape index (κ1) is 14.6. The number of benzene rings is 1. The van der Waals surface area contributed by atoms with Gasteiger partial charge in [-0.15, -0.1) is 11.3 Å². The van der Waals surface area contributed by atoms with Gasteiger partial charge in [0.2, 0.25) is 0 Å². The first-order valence-corrected chi connectivity index (χ1v) is 7.96. The van der Waals surface area contributed by atoms with Gasteiger partial charge in [0.05, 0.1) is 0 Å². The van der Waals surface area contributed by atoms with Gasteiger partial charge in [0.15, 0.2) is 10.7 Å². The molecule has 0 fully saturated rings. The van der Waals surface area contributed by atoms with E-state index in [1.165, 1.54) is 23.5 Å². The summed E-state index contributed by atoms with van der Waals surface area (Å²) in [6.07, 6.45) is 1.81. The van der Waals surface area contributed by atoms with Crippen molar-refractivity contribution in [1.29, 1.82) is 0 Å². The van der Waals surface area contributed by atoms with Crippen LogP contribution in [0.5, 0.6) is 0 Å². The van der Waals surface area contributed by atoms with E-state index < -0.39 is 5.91 Å². The predicted molar refractivity (Wildman–Crippen MR) is 87.7 cm³/mol. The van der Waals surface area contributed by atoms with Crippen LogP contribution in [0.25, 0.3) is 16.2 Å². The topological polar surface area (TPSA) is 72.4 Å². The molecule has 0 saturated carbocycles. The second kappa shape index (κ2) is 5.57. The van der Waals surface area contributed by atoms with E-state index in [1.54, 1.807) is 29.5 Å². The maximum atomic E-state index is 13.2. The molecule has 0 spiro atoms. The molecule has 0 radical (unpaired) electrons. The van der Waals surface area contributed by atoms with Crippen LogP contribution in [0.2, 0.25) is 0 Å². The Morgan fingerprint density at radius 2 is 2.12 bits per heavy atom. The molecule has 8 heteroatoms. The summed E-state index contributed by atoms with van der Waals surface area (Å²) in [5.74, 6) is 0.322. The number of hydrogen-bond donors (Lipinski definition) is 1. The van der Waals surface area contributed by atoms with Crippen LogP contribution in [0.4, 0.5) is 10.2 Å². The Bertz CT molecular complexity index is 1030. The summed E-state index contributed by atoms with van der Waals surface area (Å²) in [5.41, 5.74) is 1.46. The average molecular weight is 342 g/mol. The number of nitrogens with one attached hydrogen (secondary N) is 1. The zero-order chi connectivity index (χ0) is 16.7. The summed E-state index contributed by atoms with van der Waals surface area (Å²) in [6.45, 7) is 1.71. The number of hydrogen-bond acceptors (Lipinski definition) is 5. The fourth-order valence-electron chi connectivity index (χ4n) is 2.36. The molecule has 0 bridgehead atoms. The standard InChI is InChI=1S/C16H11FN4O2S/c1-9-8-12(20-23-9)15(22)19-14-13(10-2-4-11(17)5-3-10)18-16-21(14)6-7-24-16/h2-8H,1H3,(H,19,22). The molecule has 0 aliphatic carbocycles. The third kappa shape index (κ3) is 2.46. The minimum Gasteiger partial charge on any atom is -0.361 e. The predicted octanol–water partition coefficient (Wildman–Crippen LogP) is 3.75. The van der Waals surface area contributed by atoms with Crippen LogP contribution in [0.3, 0.4) is 0 Å². The van der Waals surface area contributed by atoms with Gasteiger partial charge in [-0.25, -0.2) is 9.37 Å². The van der Waals surface area contributed by atoms with Crippen LogP contribution < -0.4 is 5.32 Å². The zero-order valence-corrected chi connectivity index (χ0v) is 13.3. The number of halogens is 1. The van der Waals surface area contributed by atoms with E-state index >= 15 is 0 Å². The van der Waals surface area contributed by atoms with E-state index in [-0.39, 0.29) is 11.5 Å². The van der Waals surface area contributed by atoms with Crippen LogP contribution in [0.1, 0.15) is 16.2 Å². The molecule has 0 unspecified atom stereocenters. The first-order chi connectivity index (χ1) is 11.6. The van der Waals surface area contributed by atoms with Crippen molar-refractivity contribution in [1.82, 2.24) is 14.5 Å². The lowest BCUT2D eigenvalue weighted by Gasteiger charge is -2.05. The normalized spacial score (nSPS) is 11.1. The summed E-state index contributed by atoms with van der Waals surface area (Å²) < 4.78 is 19.9. The van der Waals surface area contributed by atoms with Crippen molar-refractivity contribution in [2.45, 2.75) is 6.92 Å².